The molecule has 0 aromatic heterocycles. The second-order valence-electron chi connectivity index (χ2n) is 4.14. The number of amides is 1. The van der Waals surface area contributed by atoms with Gasteiger partial charge >= 0.3 is 0 Å². The Morgan fingerprint density at radius 2 is 2.00 bits per heavy atom. The summed E-state index contributed by atoms with van der Waals surface area (Å²) in [7, 11) is 0. The fourth-order valence-corrected chi connectivity index (χ4v) is 2.32. The summed E-state index contributed by atoms with van der Waals surface area (Å²) in [6, 6.07) is 8.92. The molecule has 3 nitrogen and oxygen atoms in total. The highest BCUT2D eigenvalue weighted by Gasteiger charge is 2.13. The van der Waals surface area contributed by atoms with Crippen molar-refractivity contribution in [3.8, 4) is 0 Å². The first-order valence-electron chi connectivity index (χ1n) is 5.74. The maximum absolute atomic E-state index is 13.4. The van der Waals surface area contributed by atoms with Gasteiger partial charge in [-0.1, -0.05) is 39.7 Å². The van der Waals surface area contributed by atoms with Crippen molar-refractivity contribution >= 4 is 56.3 Å². The zero-order chi connectivity index (χ0) is 15.6. The van der Waals surface area contributed by atoms with Crippen LogP contribution in [0.3, 0.4) is 0 Å². The molecule has 0 spiro atoms. The van der Waals surface area contributed by atoms with Gasteiger partial charge in [0.05, 0.1) is 10.7 Å². The second kappa shape index (κ2) is 6.51. The average Bonchev–Trinajstić information content (AvgIpc) is 2.41. The van der Waals surface area contributed by atoms with Crippen LogP contribution in [0.25, 0.3) is 0 Å². The molecule has 2 aromatic rings. The molecule has 7 heteroatoms. The summed E-state index contributed by atoms with van der Waals surface area (Å²) in [6.07, 6.45) is 0. The topological polar surface area (TPSA) is 55.1 Å². The third-order valence-electron chi connectivity index (χ3n) is 2.68. The number of halogens is 3. The Hall–Kier alpha value is -1.50. The molecule has 2 rings (SSSR count). The van der Waals surface area contributed by atoms with Crippen LogP contribution >= 0.6 is 39.7 Å². The molecule has 3 N–H and O–H groups in total. The largest absolute Gasteiger partial charge is 0.389 e. The van der Waals surface area contributed by atoms with E-state index in [0.29, 0.717) is 11.3 Å². The smallest absolute Gasteiger partial charge is 0.255 e. The molecule has 0 heterocycles. The number of carbonyl (C=O) groups is 1. The fourth-order valence-electron chi connectivity index (χ4n) is 1.67. The van der Waals surface area contributed by atoms with Crippen molar-refractivity contribution in [2.24, 2.45) is 5.73 Å². The zero-order valence-electron chi connectivity index (χ0n) is 10.5. The van der Waals surface area contributed by atoms with E-state index >= 15 is 0 Å². The molecule has 0 aliphatic heterocycles. The molecule has 0 fully saturated rings. The lowest BCUT2D eigenvalue weighted by atomic mass is 10.1. The third kappa shape index (κ3) is 3.78. The zero-order valence-corrected chi connectivity index (χ0v) is 13.7. The number of hydrogen-bond acceptors (Lipinski definition) is 2. The summed E-state index contributed by atoms with van der Waals surface area (Å²) in [5, 5.41) is 2.61. The lowest BCUT2D eigenvalue weighted by Crippen LogP contribution is -2.17. The Labute approximate surface area is 139 Å². The minimum atomic E-state index is -0.659. The van der Waals surface area contributed by atoms with Gasteiger partial charge in [-0.05, 0) is 36.4 Å². The van der Waals surface area contributed by atoms with Gasteiger partial charge in [-0.3, -0.25) is 4.79 Å². The molecule has 0 aliphatic rings. The Bertz CT molecular complexity index is 739. The van der Waals surface area contributed by atoms with E-state index < -0.39 is 11.7 Å². The highest BCUT2D eigenvalue weighted by molar-refractivity contribution is 9.10. The molecule has 0 atom stereocenters. The molecule has 0 radical (unpaired) electrons. The van der Waals surface area contributed by atoms with Crippen molar-refractivity contribution in [3.63, 3.8) is 0 Å². The third-order valence-corrected chi connectivity index (χ3v) is 3.70. The summed E-state index contributed by atoms with van der Waals surface area (Å²) in [6.45, 7) is 0. The standard InChI is InChI=1S/C14H9BrClFN2OS/c15-8-2-3-9(13(18)21)12(6-8)19-14(20)7-1-4-10(16)11(17)5-7/h1-6H,(H2,18,21)(H,19,20). The number of thiocarbonyl (C=S) groups is 1. The minimum absolute atomic E-state index is 0.0437. The maximum atomic E-state index is 13.4. The number of nitrogens with one attached hydrogen (secondary N) is 1. The molecular weight excluding hydrogens is 379 g/mol. The van der Waals surface area contributed by atoms with Crippen LogP contribution in [0.5, 0.6) is 0 Å². The normalized spacial score (nSPS) is 10.2. The van der Waals surface area contributed by atoms with Crippen molar-refractivity contribution in [1.29, 1.82) is 0 Å². The lowest BCUT2D eigenvalue weighted by molar-refractivity contribution is 0.102. The molecular formula is C14H9BrClFN2OS. The molecule has 108 valence electrons. The predicted molar refractivity (Wildman–Crippen MR) is 89.4 cm³/mol. The van der Waals surface area contributed by atoms with Crippen LogP contribution < -0.4 is 11.1 Å². The Kier molecular flexibility index (Phi) is 4.92. The second-order valence-corrected chi connectivity index (χ2v) is 5.90. The van der Waals surface area contributed by atoms with Crippen LogP contribution in [-0.2, 0) is 0 Å². The van der Waals surface area contributed by atoms with E-state index in [2.05, 4.69) is 21.2 Å². The highest BCUT2D eigenvalue weighted by atomic mass is 79.9. The van der Waals surface area contributed by atoms with Crippen LogP contribution in [-0.4, -0.2) is 10.9 Å². The van der Waals surface area contributed by atoms with E-state index in [0.717, 1.165) is 10.5 Å². The molecule has 0 saturated heterocycles. The summed E-state index contributed by atoms with van der Waals surface area (Å²) in [5.74, 6) is -1.14. The van der Waals surface area contributed by atoms with Crippen molar-refractivity contribution in [2.75, 3.05) is 5.32 Å². The summed E-state index contributed by atoms with van der Waals surface area (Å²) >= 11 is 13.8. The maximum Gasteiger partial charge on any atom is 0.255 e. The van der Waals surface area contributed by atoms with Gasteiger partial charge in [0.2, 0.25) is 0 Å². The SMILES string of the molecule is NC(=S)c1ccc(Br)cc1NC(=O)c1ccc(Cl)c(F)c1. The first-order valence-corrected chi connectivity index (χ1v) is 7.32. The Balaban J connectivity index is 2.33. The molecule has 21 heavy (non-hydrogen) atoms. The van der Waals surface area contributed by atoms with Crippen molar-refractivity contribution in [3.05, 3.63) is 62.8 Å². The fraction of sp³-hybridized carbons (Fsp3) is 0. The van der Waals surface area contributed by atoms with Crippen molar-refractivity contribution in [1.82, 2.24) is 0 Å². The van der Waals surface area contributed by atoms with E-state index in [1.807, 2.05) is 0 Å². The van der Waals surface area contributed by atoms with Crippen LogP contribution in [0.15, 0.2) is 40.9 Å². The summed E-state index contributed by atoms with van der Waals surface area (Å²) < 4.78 is 14.1. The summed E-state index contributed by atoms with van der Waals surface area (Å²) in [4.78, 5) is 12.3. The Morgan fingerprint density at radius 3 is 2.62 bits per heavy atom. The van der Waals surface area contributed by atoms with Crippen molar-refractivity contribution < 1.29 is 9.18 Å². The number of rotatable bonds is 3. The van der Waals surface area contributed by atoms with Crippen molar-refractivity contribution in [2.45, 2.75) is 0 Å². The van der Waals surface area contributed by atoms with Gasteiger partial charge in [-0.25, -0.2) is 4.39 Å². The molecule has 0 aliphatic carbocycles. The summed E-state index contributed by atoms with van der Waals surface area (Å²) in [5.41, 5.74) is 6.72. The van der Waals surface area contributed by atoms with Gasteiger partial charge < -0.3 is 11.1 Å². The molecule has 0 saturated carbocycles. The van der Waals surface area contributed by atoms with E-state index in [-0.39, 0.29) is 15.6 Å². The van der Waals surface area contributed by atoms with Crippen LogP contribution in [0.2, 0.25) is 5.02 Å². The number of benzene rings is 2. The number of nitrogens with two attached hydrogens (primary N) is 1. The Morgan fingerprint density at radius 1 is 1.29 bits per heavy atom. The van der Waals surface area contributed by atoms with E-state index in [9.17, 15) is 9.18 Å². The first kappa shape index (κ1) is 15.9. The van der Waals surface area contributed by atoms with Crippen LogP contribution in [0, 0.1) is 5.82 Å². The number of carbonyl (C=O) groups excluding carboxylic acids is 1. The van der Waals surface area contributed by atoms with Crippen LogP contribution in [0.1, 0.15) is 15.9 Å². The highest BCUT2D eigenvalue weighted by Crippen LogP contribution is 2.23. The molecule has 0 bridgehead atoms. The quantitative estimate of drug-likeness (QED) is 0.779. The predicted octanol–water partition coefficient (Wildman–Crippen LogP) is 4.13. The number of hydrogen-bond donors (Lipinski definition) is 2. The van der Waals surface area contributed by atoms with Gasteiger partial charge in [0.15, 0.2) is 0 Å². The molecule has 0 unspecified atom stereocenters. The van der Waals surface area contributed by atoms with E-state index in [1.54, 1.807) is 18.2 Å². The van der Waals surface area contributed by atoms with Gasteiger partial charge in [0, 0.05) is 15.6 Å². The lowest BCUT2D eigenvalue weighted by Gasteiger charge is -2.11. The van der Waals surface area contributed by atoms with E-state index in [4.69, 9.17) is 29.6 Å². The monoisotopic (exact) mass is 386 g/mol. The first-order chi connectivity index (χ1) is 9.88. The van der Waals surface area contributed by atoms with Gasteiger partial charge in [0.1, 0.15) is 10.8 Å². The van der Waals surface area contributed by atoms with Gasteiger partial charge in [-0.15, -0.1) is 0 Å². The van der Waals surface area contributed by atoms with Gasteiger partial charge in [-0.2, -0.15) is 0 Å². The molecule has 2 aromatic carbocycles. The minimum Gasteiger partial charge on any atom is -0.389 e. The van der Waals surface area contributed by atoms with Crippen LogP contribution in [0.4, 0.5) is 10.1 Å². The average molecular weight is 388 g/mol. The van der Waals surface area contributed by atoms with Gasteiger partial charge in [0.25, 0.3) is 5.91 Å². The molecule has 1 amide bonds. The number of anilines is 1. The van der Waals surface area contributed by atoms with E-state index in [1.165, 1.54) is 12.1 Å².